The van der Waals surface area contributed by atoms with Crippen molar-refractivity contribution in [2.24, 2.45) is 5.41 Å². The number of nitrogens with zero attached hydrogens (tertiary/aromatic N) is 1. The minimum Gasteiger partial charge on any atom is -0.495 e. The Labute approximate surface area is 120 Å². The number of hydrogen-bond acceptors (Lipinski definition) is 3. The number of amides is 1. The highest BCUT2D eigenvalue weighted by Gasteiger charge is 2.62. The molecule has 1 unspecified atom stereocenters. The number of hydrogen-bond donors (Lipinski definition) is 1. The molecule has 21 heavy (non-hydrogen) atoms. The van der Waals surface area contributed by atoms with Crippen LogP contribution < -0.4 is 15.0 Å². The molecule has 1 atom stereocenters. The van der Waals surface area contributed by atoms with E-state index in [1.807, 2.05) is 0 Å². The summed E-state index contributed by atoms with van der Waals surface area (Å²) in [5.74, 6) is -0.610. The molecule has 1 aliphatic rings. The third-order valence-corrected chi connectivity index (χ3v) is 3.86. The Morgan fingerprint density at radius 3 is 2.57 bits per heavy atom. The molecule has 1 saturated heterocycles. The van der Waals surface area contributed by atoms with Gasteiger partial charge < -0.3 is 15.0 Å². The standard InChI is InChI=1S/C14H17F3N2O2/c1-19(10-5-3-4-6-11(10)21-2)12(20)13(14(15,16)17)7-8-18-9-13/h3-6,18H,7-9H2,1-2H3. The monoisotopic (exact) mass is 302 g/mol. The van der Waals surface area contributed by atoms with E-state index in [1.165, 1.54) is 14.2 Å². The number of rotatable bonds is 3. The van der Waals surface area contributed by atoms with E-state index >= 15 is 0 Å². The molecule has 1 heterocycles. The van der Waals surface area contributed by atoms with Crippen LogP contribution in [0.4, 0.5) is 18.9 Å². The summed E-state index contributed by atoms with van der Waals surface area (Å²) in [6.07, 6.45) is -4.85. The first-order chi connectivity index (χ1) is 9.83. The molecule has 0 radical (unpaired) electrons. The number of carbonyl (C=O) groups excluding carboxylic acids is 1. The van der Waals surface area contributed by atoms with Gasteiger partial charge in [-0.1, -0.05) is 12.1 Å². The van der Waals surface area contributed by atoms with E-state index in [1.54, 1.807) is 24.3 Å². The molecule has 1 aliphatic heterocycles. The number of alkyl halides is 3. The fraction of sp³-hybridized carbons (Fsp3) is 0.500. The Morgan fingerprint density at radius 1 is 1.38 bits per heavy atom. The highest BCUT2D eigenvalue weighted by molar-refractivity contribution is 5.99. The van der Waals surface area contributed by atoms with Crippen LogP contribution >= 0.6 is 0 Å². The maximum absolute atomic E-state index is 13.4. The SMILES string of the molecule is COc1ccccc1N(C)C(=O)C1(C(F)(F)F)CCNC1. The largest absolute Gasteiger partial charge is 0.495 e. The number of nitrogens with one attached hydrogen (secondary N) is 1. The van der Waals surface area contributed by atoms with Crippen LogP contribution in [0.5, 0.6) is 5.75 Å². The second-order valence-electron chi connectivity index (χ2n) is 5.04. The minimum atomic E-state index is -4.59. The summed E-state index contributed by atoms with van der Waals surface area (Å²) in [6, 6.07) is 6.50. The highest BCUT2D eigenvalue weighted by Crippen LogP contribution is 2.45. The van der Waals surface area contributed by atoms with Gasteiger partial charge in [-0.15, -0.1) is 0 Å². The molecule has 116 valence electrons. The summed E-state index contributed by atoms with van der Waals surface area (Å²) in [7, 11) is 2.75. The number of halogens is 3. The molecular weight excluding hydrogens is 285 g/mol. The van der Waals surface area contributed by atoms with E-state index in [0.29, 0.717) is 11.4 Å². The first-order valence-electron chi connectivity index (χ1n) is 6.52. The van der Waals surface area contributed by atoms with Gasteiger partial charge >= 0.3 is 6.18 Å². The van der Waals surface area contributed by atoms with Crippen molar-refractivity contribution in [2.45, 2.75) is 12.6 Å². The van der Waals surface area contributed by atoms with Crippen molar-refractivity contribution in [2.75, 3.05) is 32.1 Å². The quantitative estimate of drug-likeness (QED) is 0.930. The fourth-order valence-electron chi connectivity index (χ4n) is 2.57. The first kappa shape index (κ1) is 15.6. The molecule has 1 aromatic carbocycles. The Kier molecular flexibility index (Phi) is 4.13. The van der Waals surface area contributed by atoms with Crippen molar-refractivity contribution in [1.29, 1.82) is 0 Å². The lowest BCUT2D eigenvalue weighted by Crippen LogP contribution is -2.52. The zero-order chi connectivity index (χ0) is 15.7. The Hall–Kier alpha value is -1.76. The van der Waals surface area contributed by atoms with Gasteiger partial charge in [0.05, 0.1) is 12.8 Å². The molecule has 2 rings (SSSR count). The van der Waals surface area contributed by atoms with E-state index in [9.17, 15) is 18.0 Å². The molecular formula is C14H17F3N2O2. The van der Waals surface area contributed by atoms with E-state index in [-0.39, 0.29) is 13.0 Å². The lowest BCUT2D eigenvalue weighted by Gasteiger charge is -2.33. The molecule has 0 aromatic heterocycles. The van der Waals surface area contributed by atoms with Gasteiger partial charge in [0.2, 0.25) is 5.91 Å². The van der Waals surface area contributed by atoms with E-state index in [2.05, 4.69) is 5.32 Å². The number of carbonyl (C=O) groups is 1. The predicted octanol–water partition coefficient (Wildman–Crippen LogP) is 2.20. The fourth-order valence-corrected chi connectivity index (χ4v) is 2.57. The molecule has 7 heteroatoms. The van der Waals surface area contributed by atoms with Gasteiger partial charge in [0.1, 0.15) is 5.75 Å². The van der Waals surface area contributed by atoms with Crippen LogP contribution in [-0.4, -0.2) is 39.3 Å². The van der Waals surface area contributed by atoms with E-state index < -0.39 is 24.0 Å². The van der Waals surface area contributed by atoms with Crippen LogP contribution in [0.25, 0.3) is 0 Å². The van der Waals surface area contributed by atoms with Gasteiger partial charge in [-0.05, 0) is 25.1 Å². The summed E-state index contributed by atoms with van der Waals surface area (Å²) < 4.78 is 45.3. The zero-order valence-corrected chi connectivity index (χ0v) is 11.8. The third-order valence-electron chi connectivity index (χ3n) is 3.86. The third kappa shape index (κ3) is 2.57. The van der Waals surface area contributed by atoms with Crippen LogP contribution in [-0.2, 0) is 4.79 Å². The minimum absolute atomic E-state index is 0.172. The van der Waals surface area contributed by atoms with Gasteiger partial charge in [-0.2, -0.15) is 13.2 Å². The second kappa shape index (κ2) is 5.55. The van der Waals surface area contributed by atoms with Crippen molar-refractivity contribution in [3.8, 4) is 5.75 Å². The van der Waals surface area contributed by atoms with Crippen molar-refractivity contribution >= 4 is 11.6 Å². The number of para-hydroxylation sites is 2. The van der Waals surface area contributed by atoms with Crippen molar-refractivity contribution in [1.82, 2.24) is 5.32 Å². The topological polar surface area (TPSA) is 41.6 Å². The van der Waals surface area contributed by atoms with Crippen molar-refractivity contribution < 1.29 is 22.7 Å². The molecule has 0 bridgehead atoms. The summed E-state index contributed by atoms with van der Waals surface area (Å²) in [5, 5.41) is 2.64. The van der Waals surface area contributed by atoms with Gasteiger partial charge in [0, 0.05) is 13.6 Å². The van der Waals surface area contributed by atoms with Crippen molar-refractivity contribution in [3.63, 3.8) is 0 Å². The van der Waals surface area contributed by atoms with Crippen LogP contribution in [0.15, 0.2) is 24.3 Å². The van der Waals surface area contributed by atoms with Crippen molar-refractivity contribution in [3.05, 3.63) is 24.3 Å². The summed E-state index contributed by atoms with van der Waals surface area (Å²) in [6.45, 7) is -0.222. The zero-order valence-electron chi connectivity index (χ0n) is 11.8. The van der Waals surface area contributed by atoms with Gasteiger partial charge in [0.15, 0.2) is 5.41 Å². The maximum Gasteiger partial charge on any atom is 0.404 e. The number of benzene rings is 1. The normalized spacial score (nSPS) is 22.1. The summed E-state index contributed by atoms with van der Waals surface area (Å²) in [5.41, 5.74) is -2.05. The molecule has 1 aromatic rings. The van der Waals surface area contributed by atoms with Gasteiger partial charge in [-0.25, -0.2) is 0 Å². The lowest BCUT2D eigenvalue weighted by molar-refractivity contribution is -0.214. The van der Waals surface area contributed by atoms with Gasteiger partial charge in [-0.3, -0.25) is 4.79 Å². The highest BCUT2D eigenvalue weighted by atomic mass is 19.4. The summed E-state index contributed by atoms with van der Waals surface area (Å²) in [4.78, 5) is 13.5. The van der Waals surface area contributed by atoms with Crippen LogP contribution in [0.2, 0.25) is 0 Å². The van der Waals surface area contributed by atoms with Crippen LogP contribution in [0.3, 0.4) is 0 Å². The number of anilines is 1. The molecule has 0 saturated carbocycles. The Bertz CT molecular complexity index is 525. The molecule has 1 N–H and O–H groups in total. The molecule has 4 nitrogen and oxygen atoms in total. The maximum atomic E-state index is 13.4. The number of methoxy groups -OCH3 is 1. The Morgan fingerprint density at radius 2 is 2.05 bits per heavy atom. The Balaban J connectivity index is 2.38. The van der Waals surface area contributed by atoms with Gasteiger partial charge in [0.25, 0.3) is 0 Å². The molecule has 1 fully saturated rings. The first-order valence-corrected chi connectivity index (χ1v) is 6.52. The lowest BCUT2D eigenvalue weighted by atomic mass is 9.84. The molecule has 0 aliphatic carbocycles. The second-order valence-corrected chi connectivity index (χ2v) is 5.04. The van der Waals surface area contributed by atoms with E-state index in [4.69, 9.17) is 4.74 Å². The average molecular weight is 302 g/mol. The smallest absolute Gasteiger partial charge is 0.404 e. The predicted molar refractivity (Wildman–Crippen MR) is 72.4 cm³/mol. The van der Waals surface area contributed by atoms with Crippen LogP contribution in [0, 0.1) is 5.41 Å². The van der Waals surface area contributed by atoms with E-state index in [0.717, 1.165) is 4.90 Å². The average Bonchev–Trinajstić information content (AvgIpc) is 2.96. The number of ether oxygens (including phenoxy) is 1. The summed E-state index contributed by atoms with van der Waals surface area (Å²) >= 11 is 0. The molecule has 1 amide bonds. The van der Waals surface area contributed by atoms with Crippen LogP contribution in [0.1, 0.15) is 6.42 Å². The molecule has 0 spiro atoms.